The van der Waals surface area contributed by atoms with Gasteiger partial charge < -0.3 is 15.4 Å². The lowest BCUT2D eigenvalue weighted by Crippen LogP contribution is -2.54. The topological polar surface area (TPSA) is 83.6 Å². The van der Waals surface area contributed by atoms with Gasteiger partial charge in [0.05, 0.1) is 4.90 Å². The van der Waals surface area contributed by atoms with Gasteiger partial charge in [0, 0.05) is 11.3 Å². The van der Waals surface area contributed by atoms with Crippen molar-refractivity contribution in [2.45, 2.75) is 22.8 Å². The average molecular weight is 323 g/mol. The molecule has 4 nitrogen and oxygen atoms in total. The number of nitrogens with two attached hydrogens (primary N) is 1. The molecule has 0 aliphatic heterocycles. The first-order valence-corrected chi connectivity index (χ1v) is 5.79. The normalized spacial score (nSPS) is 15.2. The zero-order valence-corrected chi connectivity index (χ0v) is 10.1. The van der Waals surface area contributed by atoms with Crippen molar-refractivity contribution >= 4 is 16.8 Å². The van der Waals surface area contributed by atoms with E-state index in [2.05, 4.69) is 0 Å². The Hall–Kier alpha value is -1.33. The van der Waals surface area contributed by atoms with Crippen molar-refractivity contribution in [1.29, 1.82) is 0 Å². The lowest BCUT2D eigenvalue weighted by atomic mass is 9.91. The zero-order valence-electron chi connectivity index (χ0n) is 9.29. The summed E-state index contributed by atoms with van der Waals surface area (Å²) in [5.41, 5.74) is -2.98. The molecule has 1 aromatic rings. The van der Waals surface area contributed by atoms with Crippen LogP contribution in [0, 0.1) is 0 Å². The number of anilines is 1. The van der Waals surface area contributed by atoms with Crippen molar-refractivity contribution < 1.29 is 40.2 Å². The Morgan fingerprint density at radius 2 is 1.50 bits per heavy atom. The minimum absolute atomic E-state index is 0.0897. The van der Waals surface area contributed by atoms with Crippen molar-refractivity contribution in [3.05, 3.63) is 23.8 Å². The third-order valence-electron chi connectivity index (χ3n) is 2.44. The molecule has 1 unspecified atom stereocenters. The van der Waals surface area contributed by atoms with Gasteiger partial charge in [0.2, 0.25) is 0 Å². The predicted octanol–water partition coefficient (Wildman–Crippen LogP) is 2.16. The van der Waals surface area contributed by atoms with Crippen molar-refractivity contribution in [3.8, 4) is 0 Å². The maximum Gasteiger partial charge on any atom is 0.430 e. The highest BCUT2D eigenvalue weighted by Gasteiger charge is 2.72. The first kappa shape index (κ1) is 16.7. The average Bonchev–Trinajstić information content (AvgIpc) is 2.25. The fourth-order valence-corrected chi connectivity index (χ4v) is 1.83. The molecule has 0 bridgehead atoms. The SMILES string of the molecule is Nc1ccc(S(=O)O)cc1C(O)(C(F)(F)F)C(F)(F)F. The molecule has 11 heteroatoms. The zero-order chi connectivity index (χ0) is 15.9. The van der Waals surface area contributed by atoms with Crippen LogP contribution in [0.15, 0.2) is 23.1 Å². The second-order valence-electron chi connectivity index (χ2n) is 3.70. The Morgan fingerprint density at radius 1 is 1.05 bits per heavy atom. The highest BCUT2D eigenvalue weighted by Crippen LogP contribution is 2.51. The summed E-state index contributed by atoms with van der Waals surface area (Å²) in [5.74, 6) is 0. The smallest absolute Gasteiger partial charge is 0.398 e. The molecule has 0 fully saturated rings. The second-order valence-corrected chi connectivity index (χ2v) is 4.67. The minimum Gasteiger partial charge on any atom is -0.398 e. The molecule has 0 saturated carbocycles. The van der Waals surface area contributed by atoms with Crippen molar-refractivity contribution in [2.75, 3.05) is 5.73 Å². The highest BCUT2D eigenvalue weighted by atomic mass is 32.2. The number of alkyl halides is 6. The number of rotatable bonds is 2. The molecule has 0 spiro atoms. The predicted molar refractivity (Wildman–Crippen MR) is 55.9 cm³/mol. The summed E-state index contributed by atoms with van der Waals surface area (Å²) in [6, 6.07) is 1.43. The fourth-order valence-electron chi connectivity index (χ4n) is 1.42. The third kappa shape index (κ3) is 2.60. The summed E-state index contributed by atoms with van der Waals surface area (Å²) in [6.07, 6.45) is -12.2. The minimum atomic E-state index is -6.12. The molecule has 4 N–H and O–H groups in total. The van der Waals surface area contributed by atoms with Gasteiger partial charge in [-0.05, 0) is 18.2 Å². The third-order valence-corrected chi connectivity index (χ3v) is 3.09. The molecule has 0 aromatic heterocycles. The summed E-state index contributed by atoms with van der Waals surface area (Å²) in [7, 11) is 0. The summed E-state index contributed by atoms with van der Waals surface area (Å²) in [4.78, 5) is -0.763. The van der Waals surface area contributed by atoms with E-state index in [1.165, 1.54) is 0 Å². The number of aliphatic hydroxyl groups is 1. The number of benzene rings is 1. The fraction of sp³-hybridized carbons (Fsp3) is 0.333. The van der Waals surface area contributed by atoms with Crippen molar-refractivity contribution in [2.24, 2.45) is 0 Å². The lowest BCUT2D eigenvalue weighted by Gasteiger charge is -2.33. The van der Waals surface area contributed by atoms with Crippen LogP contribution in [0.4, 0.5) is 32.0 Å². The Labute approximate surface area is 110 Å². The Bertz CT molecular complexity index is 527. The van der Waals surface area contributed by atoms with Crippen LogP contribution in [-0.2, 0) is 16.7 Å². The van der Waals surface area contributed by atoms with Crippen LogP contribution in [0.1, 0.15) is 5.56 Å². The van der Waals surface area contributed by atoms with Crippen LogP contribution in [0.5, 0.6) is 0 Å². The van der Waals surface area contributed by atoms with Crippen LogP contribution in [-0.4, -0.2) is 26.2 Å². The van der Waals surface area contributed by atoms with Crippen LogP contribution in [0.2, 0.25) is 0 Å². The van der Waals surface area contributed by atoms with E-state index >= 15 is 0 Å². The molecule has 0 aliphatic rings. The quantitative estimate of drug-likeness (QED) is 0.442. The molecule has 0 aliphatic carbocycles. The van der Waals surface area contributed by atoms with Gasteiger partial charge in [-0.1, -0.05) is 0 Å². The maximum atomic E-state index is 12.6. The van der Waals surface area contributed by atoms with Gasteiger partial charge >= 0.3 is 12.4 Å². The number of nitrogen functional groups attached to an aromatic ring is 1. The van der Waals surface area contributed by atoms with Gasteiger partial charge in [-0.15, -0.1) is 0 Å². The summed E-state index contributed by atoms with van der Waals surface area (Å²) in [6.45, 7) is 0. The molecule has 1 aromatic carbocycles. The van der Waals surface area contributed by atoms with E-state index in [1.54, 1.807) is 0 Å². The number of hydrogen-bond donors (Lipinski definition) is 3. The van der Waals surface area contributed by atoms with E-state index in [-0.39, 0.29) is 6.07 Å². The van der Waals surface area contributed by atoms with Gasteiger partial charge in [-0.3, -0.25) is 0 Å². The molecule has 0 amide bonds. The van der Waals surface area contributed by atoms with Gasteiger partial charge in [0.15, 0.2) is 11.1 Å². The Balaban J connectivity index is 3.67. The molecular weight excluding hydrogens is 316 g/mol. The van der Waals surface area contributed by atoms with E-state index in [9.17, 15) is 30.6 Å². The Morgan fingerprint density at radius 3 is 1.85 bits per heavy atom. The summed E-state index contributed by atoms with van der Waals surface area (Å²) in [5, 5.41) is 9.13. The molecule has 0 saturated heterocycles. The second kappa shape index (κ2) is 4.90. The van der Waals surface area contributed by atoms with Crippen molar-refractivity contribution in [1.82, 2.24) is 0 Å². The maximum absolute atomic E-state index is 12.6. The summed E-state index contributed by atoms with van der Waals surface area (Å²) < 4.78 is 95.2. The van der Waals surface area contributed by atoms with Crippen LogP contribution in [0.25, 0.3) is 0 Å². The molecule has 20 heavy (non-hydrogen) atoms. The summed E-state index contributed by atoms with van der Waals surface area (Å²) >= 11 is -2.84. The van der Waals surface area contributed by atoms with Gasteiger partial charge in [-0.2, -0.15) is 26.3 Å². The van der Waals surface area contributed by atoms with Gasteiger partial charge in [0.25, 0.3) is 5.60 Å². The number of hydrogen-bond acceptors (Lipinski definition) is 3. The standard InChI is InChI=1S/C9H7F6NO3S/c10-8(11,12)7(17,9(13,14)15)5-3-4(20(18)19)1-2-6(5)16/h1-3,17H,16H2,(H,18,19). The van der Waals surface area contributed by atoms with E-state index in [0.29, 0.717) is 6.07 Å². The lowest BCUT2D eigenvalue weighted by molar-refractivity contribution is -0.376. The van der Waals surface area contributed by atoms with E-state index in [1.807, 2.05) is 0 Å². The molecule has 0 heterocycles. The molecule has 114 valence electrons. The van der Waals surface area contributed by atoms with E-state index < -0.39 is 45.2 Å². The first-order chi connectivity index (χ1) is 8.82. The van der Waals surface area contributed by atoms with E-state index in [4.69, 9.17) is 15.4 Å². The molecule has 1 rings (SSSR count). The monoisotopic (exact) mass is 323 g/mol. The number of halogens is 6. The van der Waals surface area contributed by atoms with Gasteiger partial charge in [-0.25, -0.2) is 4.21 Å². The van der Waals surface area contributed by atoms with E-state index in [0.717, 1.165) is 6.07 Å². The van der Waals surface area contributed by atoms with Crippen LogP contribution < -0.4 is 5.73 Å². The molecular formula is C9H7F6NO3S. The van der Waals surface area contributed by atoms with Crippen LogP contribution >= 0.6 is 0 Å². The largest absolute Gasteiger partial charge is 0.430 e. The molecule has 0 radical (unpaired) electrons. The molecule has 1 atom stereocenters. The van der Waals surface area contributed by atoms with Gasteiger partial charge in [0.1, 0.15) is 0 Å². The highest BCUT2D eigenvalue weighted by molar-refractivity contribution is 7.79. The first-order valence-electron chi connectivity index (χ1n) is 4.69. The van der Waals surface area contributed by atoms with Crippen molar-refractivity contribution in [3.63, 3.8) is 0 Å². The van der Waals surface area contributed by atoms with Crippen LogP contribution in [0.3, 0.4) is 0 Å². The Kier molecular flexibility index (Phi) is 4.09.